The van der Waals surface area contributed by atoms with E-state index in [1.807, 2.05) is 36.4 Å². The zero-order valence-electron chi connectivity index (χ0n) is 55.5. The fraction of sp³-hybridized carbons (Fsp3) is 0.696. The van der Waals surface area contributed by atoms with Crippen molar-refractivity contribution in [3.63, 3.8) is 0 Å². The van der Waals surface area contributed by atoms with Crippen LogP contribution in [0.1, 0.15) is 192 Å². The van der Waals surface area contributed by atoms with E-state index in [0.717, 1.165) is 190 Å². The Hall–Kier alpha value is -2.55. The number of aliphatic hydroxyl groups is 6. The Labute approximate surface area is 580 Å². The van der Waals surface area contributed by atoms with Crippen LogP contribution in [0.2, 0.25) is 0 Å². The minimum Gasteiger partial charge on any atom is -1.00 e. The molecule has 20 heteroatoms. The summed E-state index contributed by atoms with van der Waals surface area (Å²) in [5, 5.41) is 93.2. The minimum absolute atomic E-state index is 0. The van der Waals surface area contributed by atoms with Gasteiger partial charge in [0.15, 0.2) is 6.61 Å². The summed E-state index contributed by atoms with van der Waals surface area (Å²) in [7, 11) is 0. The molecule has 9 rings (SSSR count). The molecule has 0 heterocycles. The zero-order chi connectivity index (χ0) is 60.3. The molecule has 488 valence electrons. The van der Waals surface area contributed by atoms with Gasteiger partial charge >= 0.3 is 75.1 Å². The molecule has 0 radical (unpaired) electrons. The van der Waals surface area contributed by atoms with Crippen LogP contribution in [0.25, 0.3) is 0 Å². The molecule has 0 spiro atoms. The summed E-state index contributed by atoms with van der Waals surface area (Å²) in [4.78, 5) is 32.3. The van der Waals surface area contributed by atoms with Gasteiger partial charge in [0.25, 0.3) is 0 Å². The first-order chi connectivity index (χ1) is 40.5. The molecule has 9 N–H and O–H groups in total. The van der Waals surface area contributed by atoms with Crippen LogP contribution in [0, 0.1) is 53.3 Å². The Morgan fingerprint density at radius 1 is 0.461 bits per heavy atom. The summed E-state index contributed by atoms with van der Waals surface area (Å²) >= 11 is 0. The van der Waals surface area contributed by atoms with Gasteiger partial charge in [-0.2, -0.15) is 0 Å². The van der Waals surface area contributed by atoms with Gasteiger partial charge in [-0.3, -0.25) is 0 Å². The maximum atomic E-state index is 10.8. The predicted molar refractivity (Wildman–Crippen MR) is 340 cm³/mol. The number of benzene rings is 3. The van der Waals surface area contributed by atoms with Gasteiger partial charge in [-0.05, 0) is 220 Å². The molecule has 0 aromatic heterocycles. The van der Waals surface area contributed by atoms with Gasteiger partial charge in [0.1, 0.15) is 30.5 Å². The number of carboxylic acids is 3. The van der Waals surface area contributed by atoms with Crippen molar-refractivity contribution < 1.29 is 88.4 Å². The van der Waals surface area contributed by atoms with Crippen LogP contribution in [0.5, 0.6) is 17.2 Å². The summed E-state index contributed by atoms with van der Waals surface area (Å²) in [6, 6.07) is 17.5. The maximum absolute atomic E-state index is 10.8. The maximum Gasteiger partial charge on any atom is 2.00 e. The number of aliphatic carboxylic acids is 3. The first-order valence-corrected chi connectivity index (χ1v) is 32.4. The van der Waals surface area contributed by atoms with E-state index < -0.39 is 31.1 Å². The molecule has 0 saturated heterocycles. The average Bonchev–Trinajstić information content (AvgIpc) is 1.82. The van der Waals surface area contributed by atoms with Gasteiger partial charge < -0.3 is 83.6 Å². The van der Waals surface area contributed by atoms with E-state index in [4.69, 9.17) is 19.3 Å². The van der Waals surface area contributed by atoms with Gasteiger partial charge in [0, 0.05) is 0 Å². The van der Waals surface area contributed by atoms with E-state index in [9.17, 15) is 55.2 Å². The van der Waals surface area contributed by atoms with Crippen molar-refractivity contribution in [3.05, 3.63) is 88.0 Å². The first-order valence-electron chi connectivity index (χ1n) is 32.4. The van der Waals surface area contributed by atoms with E-state index >= 15 is 0 Å². The number of carbonyl (C=O) groups is 3. The van der Waals surface area contributed by atoms with E-state index in [-0.39, 0.29) is 144 Å². The number of hydrogen-bond acceptors (Lipinski definition) is 16. The molecule has 3 saturated carbocycles. The number of rotatable bonds is 30. The van der Waals surface area contributed by atoms with Crippen LogP contribution < -0.4 is 24.4 Å². The second-order valence-electron chi connectivity index (χ2n) is 25.8. The molecule has 6 aliphatic rings. The third-order valence-corrected chi connectivity index (χ3v) is 20.0. The molecule has 15 atom stereocenters. The monoisotopic (exact) mass is 1280 g/mol. The summed E-state index contributed by atoms with van der Waals surface area (Å²) in [6.45, 7) is 5.29. The van der Waals surface area contributed by atoms with Gasteiger partial charge in [0.2, 0.25) is 0 Å². The van der Waals surface area contributed by atoms with Crippen molar-refractivity contribution in [1.29, 1.82) is 0 Å². The SMILES string of the molecule is CCCCC[C@H](O)CC[C@@H]1[C@H]2Cc3cccc(OCC(=O)O)c3C[C@H]2C[C@H]1O.CCCCC[C@H](O)CC[C@@H]1[C@H]2Cc3cccc(OCC(=O)[O-])c3C[C@H]2C[C@H]1O.CCCCC[C@H](O)CC[C@@H]1[C@H]2Cc3cccc(OCC(=O)[O-])c3C[C@H]2C[C@H]1O.[H-].[H-].[Mg+2].[Mg+2].[Mg+2].[OH-].[OH-]. The zero-order valence-corrected chi connectivity index (χ0v) is 57.7. The molecule has 3 aromatic rings. The second-order valence-corrected chi connectivity index (χ2v) is 25.8. The molecular weight excluding hydrogens is 1170 g/mol. The Balaban J connectivity index is 0.00000129. The van der Waals surface area contributed by atoms with Crippen LogP contribution >= 0.6 is 0 Å². The number of carbonyl (C=O) groups excluding carboxylic acids is 2. The van der Waals surface area contributed by atoms with E-state index in [0.29, 0.717) is 52.8 Å². The van der Waals surface area contributed by atoms with Gasteiger partial charge in [0.05, 0.1) is 48.6 Å². The van der Waals surface area contributed by atoms with Crippen LogP contribution in [-0.4, -0.2) is 190 Å². The fourth-order valence-electron chi connectivity index (χ4n) is 15.7. The largest absolute Gasteiger partial charge is 2.00 e. The number of fused-ring (bicyclic) bond motifs is 6. The third kappa shape index (κ3) is 24.3. The number of hydrogen-bond donors (Lipinski definition) is 7. The summed E-state index contributed by atoms with van der Waals surface area (Å²) in [6.07, 6.45) is 23.4. The normalized spacial score (nSPS) is 25.6. The van der Waals surface area contributed by atoms with Crippen LogP contribution in [0.15, 0.2) is 54.6 Å². The molecule has 0 bridgehead atoms. The quantitative estimate of drug-likeness (QED) is 0.0266. The second kappa shape index (κ2) is 42.0. The standard InChI is InChI=1S/3C23H34O5.3Mg.2H2O.2H/c3*1-2-3-4-7-17(24)9-10-18-19-11-15-6-5-8-22(28-14-23(26)27)20(15)12-16(19)13-21(18)25;;;;;;;/h3*5-6,8,16-19,21,24-25H,2-4,7,9-14H2,1H3,(H,26,27);;;;2*1H2;;/q;;;3*+2;;;2*-1/p-4/t3*16-,17-,18+,19-,21+;;;;;;;/m000......./s1. The summed E-state index contributed by atoms with van der Waals surface area (Å²) in [5.74, 6) is 1.65. The predicted octanol–water partition coefficient (Wildman–Crippen LogP) is 6.81. The third-order valence-electron chi connectivity index (χ3n) is 20.0. The molecule has 89 heavy (non-hydrogen) atoms. The summed E-state index contributed by atoms with van der Waals surface area (Å²) < 4.78 is 16.4. The molecule has 0 amide bonds. The molecule has 17 nitrogen and oxygen atoms in total. The van der Waals surface area contributed by atoms with Crippen LogP contribution in [0.4, 0.5) is 0 Å². The number of unbranched alkanes of at least 4 members (excludes halogenated alkanes) is 6. The molecule has 6 aliphatic carbocycles. The number of ether oxygens (including phenoxy) is 3. The van der Waals surface area contributed by atoms with Crippen molar-refractivity contribution in [3.8, 4) is 17.2 Å². The van der Waals surface area contributed by atoms with Crippen LogP contribution in [-0.2, 0) is 52.9 Å². The Morgan fingerprint density at radius 3 is 1.00 bits per heavy atom. The molecule has 3 fully saturated rings. The average molecular weight is 1280 g/mol. The number of aliphatic hydroxyl groups excluding tert-OH is 6. The molecular formula is C69H104Mg3O17. The van der Waals surface area contributed by atoms with Crippen molar-refractivity contribution in [2.24, 2.45) is 53.3 Å². The van der Waals surface area contributed by atoms with Crippen molar-refractivity contribution >= 4 is 87.1 Å². The minimum atomic E-state index is -1.22. The smallest absolute Gasteiger partial charge is 1.00 e. The van der Waals surface area contributed by atoms with Crippen LogP contribution in [0.3, 0.4) is 0 Å². The topological polar surface area (TPSA) is 327 Å². The van der Waals surface area contributed by atoms with E-state index in [1.165, 1.54) is 16.7 Å². The van der Waals surface area contributed by atoms with E-state index in [1.54, 1.807) is 0 Å². The Kier molecular flexibility index (Phi) is 39.0. The van der Waals surface area contributed by atoms with Gasteiger partial charge in [-0.1, -0.05) is 115 Å². The fourth-order valence-corrected chi connectivity index (χ4v) is 15.7. The van der Waals surface area contributed by atoms with Crippen molar-refractivity contribution in [1.82, 2.24) is 0 Å². The Bertz CT molecular complexity index is 2280. The molecule has 0 unspecified atom stereocenters. The molecule has 3 aromatic carbocycles. The molecule has 0 aliphatic heterocycles. The van der Waals surface area contributed by atoms with Crippen molar-refractivity contribution in [2.45, 2.75) is 231 Å². The van der Waals surface area contributed by atoms with E-state index in [2.05, 4.69) is 39.0 Å². The Morgan fingerprint density at radius 2 is 0.742 bits per heavy atom. The van der Waals surface area contributed by atoms with Gasteiger partial charge in [-0.25, -0.2) is 4.79 Å². The van der Waals surface area contributed by atoms with Crippen molar-refractivity contribution in [2.75, 3.05) is 19.8 Å². The summed E-state index contributed by atoms with van der Waals surface area (Å²) in [5.41, 5.74) is 6.87. The first kappa shape index (κ1) is 82.5. The number of carboxylic acid groups (broad SMARTS) is 3. The van der Waals surface area contributed by atoms with Gasteiger partial charge in [-0.15, -0.1) is 0 Å².